The third-order valence-corrected chi connectivity index (χ3v) is 3.32. The summed E-state index contributed by atoms with van der Waals surface area (Å²) in [5.74, 6) is -0.951. The molecule has 19 heavy (non-hydrogen) atoms. The Labute approximate surface area is 112 Å². The van der Waals surface area contributed by atoms with Crippen molar-refractivity contribution in [2.45, 2.75) is 12.8 Å². The number of rotatable bonds is 4. The van der Waals surface area contributed by atoms with Gasteiger partial charge in [-0.25, -0.2) is 0 Å². The number of para-hydroxylation sites is 1. The standard InChI is InChI=1S/C14H18N2O3/c1-15-8-9-16(14(19)13(15)18)12-7-3-2-5-11(12)6-4-10-17/h2-3,5,7,17H,4,6,8-10H2,1H3. The molecule has 0 bridgehead atoms. The van der Waals surface area contributed by atoms with Crippen molar-refractivity contribution in [2.24, 2.45) is 0 Å². The second-order valence-corrected chi connectivity index (χ2v) is 4.64. The van der Waals surface area contributed by atoms with E-state index in [1.54, 1.807) is 7.05 Å². The molecule has 1 heterocycles. The number of hydrogen-bond acceptors (Lipinski definition) is 3. The zero-order valence-corrected chi connectivity index (χ0v) is 11.0. The van der Waals surface area contributed by atoms with Crippen LogP contribution < -0.4 is 4.90 Å². The van der Waals surface area contributed by atoms with E-state index in [2.05, 4.69) is 0 Å². The monoisotopic (exact) mass is 262 g/mol. The Hall–Kier alpha value is -1.88. The number of piperazine rings is 1. The number of nitrogens with zero attached hydrogens (tertiary/aromatic N) is 2. The summed E-state index contributed by atoms with van der Waals surface area (Å²) < 4.78 is 0. The molecule has 5 heteroatoms. The minimum Gasteiger partial charge on any atom is -0.396 e. The van der Waals surface area contributed by atoms with Crippen LogP contribution in [0.1, 0.15) is 12.0 Å². The van der Waals surface area contributed by atoms with Gasteiger partial charge in [-0.2, -0.15) is 0 Å². The number of anilines is 1. The van der Waals surface area contributed by atoms with Crippen LogP contribution in [0.15, 0.2) is 24.3 Å². The summed E-state index contributed by atoms with van der Waals surface area (Å²) in [4.78, 5) is 26.8. The average Bonchev–Trinajstić information content (AvgIpc) is 2.43. The van der Waals surface area contributed by atoms with Gasteiger partial charge in [-0.15, -0.1) is 0 Å². The second-order valence-electron chi connectivity index (χ2n) is 4.64. The third kappa shape index (κ3) is 2.76. The van der Waals surface area contributed by atoms with Crippen molar-refractivity contribution < 1.29 is 14.7 Å². The van der Waals surface area contributed by atoms with E-state index >= 15 is 0 Å². The van der Waals surface area contributed by atoms with Crippen LogP contribution in [0.5, 0.6) is 0 Å². The maximum atomic E-state index is 12.0. The van der Waals surface area contributed by atoms with Crippen molar-refractivity contribution in [2.75, 3.05) is 31.6 Å². The minimum atomic E-state index is -0.481. The molecule has 0 aromatic heterocycles. The number of aliphatic hydroxyl groups is 1. The molecule has 1 aromatic carbocycles. The Kier molecular flexibility index (Phi) is 4.16. The Morgan fingerprint density at radius 3 is 2.63 bits per heavy atom. The van der Waals surface area contributed by atoms with Crippen LogP contribution in [0.3, 0.4) is 0 Å². The van der Waals surface area contributed by atoms with Gasteiger partial charge in [0.15, 0.2) is 0 Å². The summed E-state index contributed by atoms with van der Waals surface area (Å²) in [6.45, 7) is 1.17. The van der Waals surface area contributed by atoms with Crippen LogP contribution in [0.4, 0.5) is 5.69 Å². The fourth-order valence-electron chi connectivity index (χ4n) is 2.22. The molecule has 0 unspecified atom stereocenters. The van der Waals surface area contributed by atoms with Gasteiger partial charge in [0.25, 0.3) is 0 Å². The van der Waals surface area contributed by atoms with Gasteiger partial charge >= 0.3 is 11.8 Å². The third-order valence-electron chi connectivity index (χ3n) is 3.32. The van der Waals surface area contributed by atoms with E-state index < -0.39 is 11.8 Å². The molecule has 2 amide bonds. The van der Waals surface area contributed by atoms with Gasteiger partial charge in [-0.1, -0.05) is 18.2 Å². The largest absolute Gasteiger partial charge is 0.396 e. The molecule has 0 spiro atoms. The molecule has 2 rings (SSSR count). The van der Waals surface area contributed by atoms with E-state index in [4.69, 9.17) is 5.11 Å². The fourth-order valence-corrected chi connectivity index (χ4v) is 2.22. The van der Waals surface area contributed by atoms with Gasteiger partial charge in [-0.3, -0.25) is 9.59 Å². The van der Waals surface area contributed by atoms with Crippen molar-refractivity contribution >= 4 is 17.5 Å². The predicted molar refractivity (Wildman–Crippen MR) is 71.8 cm³/mol. The smallest absolute Gasteiger partial charge is 0.316 e. The Morgan fingerprint density at radius 2 is 1.89 bits per heavy atom. The van der Waals surface area contributed by atoms with E-state index in [0.29, 0.717) is 25.9 Å². The molecule has 1 N–H and O–H groups in total. The highest BCUT2D eigenvalue weighted by Gasteiger charge is 2.31. The SMILES string of the molecule is CN1CCN(c2ccccc2CCCO)C(=O)C1=O. The van der Waals surface area contributed by atoms with Gasteiger partial charge in [0.2, 0.25) is 0 Å². The van der Waals surface area contributed by atoms with Crippen LogP contribution >= 0.6 is 0 Å². The van der Waals surface area contributed by atoms with E-state index in [-0.39, 0.29) is 6.61 Å². The maximum Gasteiger partial charge on any atom is 0.316 e. The molecule has 1 aliphatic heterocycles. The molecule has 1 aliphatic rings. The highest BCUT2D eigenvalue weighted by atomic mass is 16.3. The van der Waals surface area contributed by atoms with Crippen LogP contribution in [0.25, 0.3) is 0 Å². The first-order chi connectivity index (χ1) is 9.15. The van der Waals surface area contributed by atoms with Gasteiger partial charge in [0.05, 0.1) is 0 Å². The quantitative estimate of drug-likeness (QED) is 0.800. The molecular weight excluding hydrogens is 244 g/mol. The summed E-state index contributed by atoms with van der Waals surface area (Å²) in [5, 5.41) is 8.92. The Morgan fingerprint density at radius 1 is 1.16 bits per heavy atom. The number of aliphatic hydroxyl groups excluding tert-OH is 1. The van der Waals surface area contributed by atoms with E-state index in [1.165, 1.54) is 9.80 Å². The predicted octanol–water partition coefficient (Wildman–Crippen LogP) is 0.416. The number of amides is 2. The number of carbonyl (C=O) groups excluding carboxylic acids is 2. The van der Waals surface area contributed by atoms with Crippen molar-refractivity contribution in [1.29, 1.82) is 0 Å². The van der Waals surface area contributed by atoms with E-state index in [0.717, 1.165) is 11.3 Å². The lowest BCUT2D eigenvalue weighted by atomic mass is 10.1. The van der Waals surface area contributed by atoms with Crippen molar-refractivity contribution in [3.63, 3.8) is 0 Å². The number of benzene rings is 1. The van der Waals surface area contributed by atoms with Crippen LogP contribution in [0, 0.1) is 0 Å². The molecule has 1 aromatic rings. The molecule has 1 saturated heterocycles. The first kappa shape index (κ1) is 13.5. The minimum absolute atomic E-state index is 0.115. The Balaban J connectivity index is 2.26. The molecule has 0 radical (unpaired) electrons. The van der Waals surface area contributed by atoms with Crippen LogP contribution in [-0.2, 0) is 16.0 Å². The molecule has 102 valence electrons. The van der Waals surface area contributed by atoms with E-state index in [9.17, 15) is 9.59 Å². The van der Waals surface area contributed by atoms with Gasteiger partial charge < -0.3 is 14.9 Å². The maximum absolute atomic E-state index is 12.0. The molecule has 0 aliphatic carbocycles. The molecule has 0 atom stereocenters. The first-order valence-electron chi connectivity index (χ1n) is 6.41. The molecule has 0 saturated carbocycles. The summed E-state index contributed by atoms with van der Waals surface area (Å²) >= 11 is 0. The van der Waals surface area contributed by atoms with Crippen molar-refractivity contribution in [3.8, 4) is 0 Å². The van der Waals surface area contributed by atoms with Gasteiger partial charge in [0, 0.05) is 32.4 Å². The van der Waals surface area contributed by atoms with Crippen LogP contribution in [0.2, 0.25) is 0 Å². The summed E-state index contributed by atoms with van der Waals surface area (Å²) in [7, 11) is 1.63. The first-order valence-corrected chi connectivity index (χ1v) is 6.41. The normalized spacial score (nSPS) is 16.1. The molecule has 1 fully saturated rings. The summed E-state index contributed by atoms with van der Waals surface area (Å²) in [6.07, 6.45) is 1.34. The average molecular weight is 262 g/mol. The summed E-state index contributed by atoms with van der Waals surface area (Å²) in [5.41, 5.74) is 1.77. The number of likely N-dealkylation sites (N-methyl/N-ethyl adjacent to an activating group) is 1. The van der Waals surface area contributed by atoms with Crippen molar-refractivity contribution in [3.05, 3.63) is 29.8 Å². The van der Waals surface area contributed by atoms with Crippen LogP contribution in [-0.4, -0.2) is 48.6 Å². The Bertz CT molecular complexity index is 487. The second kappa shape index (κ2) is 5.84. The number of hydrogen-bond donors (Lipinski definition) is 1. The number of aryl methyl sites for hydroxylation is 1. The molecular formula is C14H18N2O3. The fraction of sp³-hybridized carbons (Fsp3) is 0.429. The highest BCUT2D eigenvalue weighted by molar-refractivity contribution is 6.41. The van der Waals surface area contributed by atoms with E-state index in [1.807, 2.05) is 24.3 Å². The topological polar surface area (TPSA) is 60.9 Å². The zero-order valence-electron chi connectivity index (χ0n) is 11.0. The lowest BCUT2D eigenvalue weighted by Gasteiger charge is -2.32. The summed E-state index contributed by atoms with van der Waals surface area (Å²) in [6, 6.07) is 7.54. The van der Waals surface area contributed by atoms with Gasteiger partial charge in [-0.05, 0) is 24.5 Å². The lowest BCUT2D eigenvalue weighted by molar-refractivity contribution is -0.145. The number of carbonyl (C=O) groups is 2. The molecule has 5 nitrogen and oxygen atoms in total. The zero-order chi connectivity index (χ0) is 13.8. The lowest BCUT2D eigenvalue weighted by Crippen LogP contribution is -2.53. The van der Waals surface area contributed by atoms with Crippen molar-refractivity contribution in [1.82, 2.24) is 4.90 Å². The highest BCUT2D eigenvalue weighted by Crippen LogP contribution is 2.23. The van der Waals surface area contributed by atoms with Gasteiger partial charge in [0.1, 0.15) is 0 Å².